The first-order valence-corrected chi connectivity index (χ1v) is 6.74. The Labute approximate surface area is 130 Å². The lowest BCUT2D eigenvalue weighted by molar-refractivity contribution is -0.286. The van der Waals surface area contributed by atoms with Gasteiger partial charge in [-0.2, -0.15) is 5.10 Å². The summed E-state index contributed by atoms with van der Waals surface area (Å²) in [5.41, 5.74) is 0.999. The molecule has 1 atom stereocenters. The third kappa shape index (κ3) is 3.09. The van der Waals surface area contributed by atoms with Gasteiger partial charge in [-0.15, -0.1) is 8.78 Å². The van der Waals surface area contributed by atoms with Gasteiger partial charge in [0, 0.05) is 30.6 Å². The molecule has 1 amide bonds. The molecule has 0 spiro atoms. The smallest absolute Gasteiger partial charge is 0.395 e. The minimum absolute atomic E-state index is 0.0783. The van der Waals surface area contributed by atoms with Gasteiger partial charge in [0.25, 0.3) is 0 Å². The maximum Gasteiger partial charge on any atom is 0.586 e. The normalized spacial score (nSPS) is 16.2. The summed E-state index contributed by atoms with van der Waals surface area (Å²) < 4.78 is 36.2. The second-order valence-corrected chi connectivity index (χ2v) is 4.99. The second kappa shape index (κ2) is 5.51. The summed E-state index contributed by atoms with van der Waals surface area (Å²) in [7, 11) is 3.38. The third-order valence-electron chi connectivity index (χ3n) is 3.28. The van der Waals surface area contributed by atoms with E-state index >= 15 is 0 Å². The van der Waals surface area contributed by atoms with E-state index in [0.29, 0.717) is 11.3 Å². The summed E-state index contributed by atoms with van der Waals surface area (Å²) in [5.74, 6) is -0.563. The minimum Gasteiger partial charge on any atom is -0.395 e. The van der Waals surface area contributed by atoms with Crippen LogP contribution in [0.15, 0.2) is 30.6 Å². The van der Waals surface area contributed by atoms with Crippen LogP contribution in [0.2, 0.25) is 0 Å². The number of rotatable bonds is 4. The number of aryl methyl sites for hydroxylation is 1. The number of nitrogens with one attached hydrogen (secondary N) is 2. The van der Waals surface area contributed by atoms with Crippen LogP contribution in [0.4, 0.5) is 14.5 Å². The minimum atomic E-state index is -3.69. The number of nitrogens with zero attached hydrogens (tertiary/aromatic N) is 2. The Morgan fingerprint density at radius 2 is 2.09 bits per heavy atom. The molecule has 3 rings (SSSR count). The molecular weight excluding hydrogens is 310 g/mol. The number of anilines is 1. The fourth-order valence-corrected chi connectivity index (χ4v) is 2.28. The van der Waals surface area contributed by atoms with Crippen molar-refractivity contribution in [2.75, 3.05) is 12.4 Å². The Bertz CT molecular complexity index is 747. The van der Waals surface area contributed by atoms with Crippen molar-refractivity contribution in [1.82, 2.24) is 15.1 Å². The largest absolute Gasteiger partial charge is 0.586 e. The Kier molecular flexibility index (Phi) is 3.64. The number of aromatic nitrogens is 2. The summed E-state index contributed by atoms with van der Waals surface area (Å²) in [6, 6.07) is 3.42. The number of amides is 1. The zero-order valence-corrected chi connectivity index (χ0v) is 12.3. The van der Waals surface area contributed by atoms with Crippen molar-refractivity contribution in [2.45, 2.75) is 12.3 Å². The third-order valence-corrected chi connectivity index (χ3v) is 3.28. The SMILES string of the molecule is CNC(C(=O)Nc1ccc2c(c1)OC(F)(F)O2)c1cnn(C)c1. The number of halogens is 2. The maximum absolute atomic E-state index is 13.0. The monoisotopic (exact) mass is 324 g/mol. The quantitative estimate of drug-likeness (QED) is 0.894. The van der Waals surface area contributed by atoms with Crippen LogP contribution in [-0.2, 0) is 11.8 Å². The molecule has 9 heteroatoms. The topological polar surface area (TPSA) is 77.4 Å². The van der Waals surface area contributed by atoms with E-state index in [-0.39, 0.29) is 17.4 Å². The number of hydrogen-bond donors (Lipinski definition) is 2. The first-order valence-electron chi connectivity index (χ1n) is 6.74. The fraction of sp³-hybridized carbons (Fsp3) is 0.286. The Balaban J connectivity index is 1.76. The lowest BCUT2D eigenvalue weighted by Crippen LogP contribution is -2.30. The summed E-state index contributed by atoms with van der Waals surface area (Å²) in [6.45, 7) is 0. The molecule has 1 aromatic heterocycles. The first-order chi connectivity index (χ1) is 10.9. The molecule has 2 heterocycles. The second-order valence-electron chi connectivity index (χ2n) is 4.99. The highest BCUT2D eigenvalue weighted by Crippen LogP contribution is 2.42. The number of carbonyl (C=O) groups is 1. The van der Waals surface area contributed by atoms with E-state index in [1.807, 2.05) is 0 Å². The lowest BCUT2D eigenvalue weighted by atomic mass is 10.1. The molecule has 1 unspecified atom stereocenters. The summed E-state index contributed by atoms with van der Waals surface area (Å²) >= 11 is 0. The van der Waals surface area contributed by atoms with Gasteiger partial charge in [-0.05, 0) is 19.2 Å². The zero-order chi connectivity index (χ0) is 16.6. The van der Waals surface area contributed by atoms with E-state index in [1.54, 1.807) is 31.2 Å². The van der Waals surface area contributed by atoms with Gasteiger partial charge in [0.2, 0.25) is 5.91 Å². The molecule has 0 bridgehead atoms. The van der Waals surface area contributed by atoms with Crippen LogP contribution < -0.4 is 20.1 Å². The van der Waals surface area contributed by atoms with Gasteiger partial charge in [0.15, 0.2) is 11.5 Å². The van der Waals surface area contributed by atoms with E-state index in [0.717, 1.165) is 0 Å². The summed E-state index contributed by atoms with van der Waals surface area (Å²) in [5, 5.41) is 9.53. The Hall–Kier alpha value is -2.68. The Morgan fingerprint density at radius 3 is 2.74 bits per heavy atom. The molecule has 1 aliphatic rings. The van der Waals surface area contributed by atoms with E-state index in [1.165, 1.54) is 18.2 Å². The number of fused-ring (bicyclic) bond motifs is 1. The lowest BCUT2D eigenvalue weighted by Gasteiger charge is -2.14. The standard InChI is InChI=1S/C14H14F2N4O3/c1-17-12(8-6-18-20(2)7-8)13(21)19-9-3-4-10-11(5-9)23-14(15,16)22-10/h3-7,12,17H,1-2H3,(H,19,21). The number of hydrogen-bond acceptors (Lipinski definition) is 5. The van der Waals surface area contributed by atoms with E-state index in [2.05, 4.69) is 25.2 Å². The molecule has 0 saturated carbocycles. The van der Waals surface area contributed by atoms with Crippen LogP contribution in [0.1, 0.15) is 11.6 Å². The van der Waals surface area contributed by atoms with Gasteiger partial charge in [0.05, 0.1) is 6.20 Å². The number of carbonyl (C=O) groups excluding carboxylic acids is 1. The van der Waals surface area contributed by atoms with E-state index in [4.69, 9.17) is 0 Å². The van der Waals surface area contributed by atoms with Gasteiger partial charge in [-0.25, -0.2) is 0 Å². The molecule has 1 aliphatic heterocycles. The van der Waals surface area contributed by atoms with Crippen LogP contribution in [0.25, 0.3) is 0 Å². The summed E-state index contributed by atoms with van der Waals surface area (Å²) in [4.78, 5) is 12.4. The molecular formula is C14H14F2N4O3. The first kappa shape index (κ1) is 15.2. The molecule has 1 aromatic carbocycles. The van der Waals surface area contributed by atoms with Crippen LogP contribution in [-0.4, -0.2) is 29.0 Å². The van der Waals surface area contributed by atoms with Crippen LogP contribution in [0.3, 0.4) is 0 Å². The van der Waals surface area contributed by atoms with Crippen LogP contribution >= 0.6 is 0 Å². The van der Waals surface area contributed by atoms with Crippen LogP contribution in [0.5, 0.6) is 11.5 Å². The molecule has 0 radical (unpaired) electrons. The fourth-order valence-electron chi connectivity index (χ4n) is 2.28. The van der Waals surface area contributed by atoms with Crippen molar-refractivity contribution in [3.05, 3.63) is 36.2 Å². The van der Waals surface area contributed by atoms with Crippen molar-refractivity contribution in [3.63, 3.8) is 0 Å². The molecule has 0 fully saturated rings. The van der Waals surface area contributed by atoms with E-state index < -0.39 is 12.3 Å². The van der Waals surface area contributed by atoms with Gasteiger partial charge in [-0.3, -0.25) is 9.48 Å². The van der Waals surface area contributed by atoms with E-state index in [9.17, 15) is 13.6 Å². The molecule has 122 valence electrons. The molecule has 2 N–H and O–H groups in total. The predicted octanol–water partition coefficient (Wildman–Crippen LogP) is 1.64. The molecule has 2 aromatic rings. The van der Waals surface area contributed by atoms with Crippen molar-refractivity contribution < 1.29 is 23.0 Å². The number of ether oxygens (including phenoxy) is 2. The van der Waals surface area contributed by atoms with Gasteiger partial charge in [-0.1, -0.05) is 0 Å². The van der Waals surface area contributed by atoms with Crippen molar-refractivity contribution >= 4 is 11.6 Å². The average Bonchev–Trinajstić information content (AvgIpc) is 3.01. The Morgan fingerprint density at radius 1 is 1.35 bits per heavy atom. The average molecular weight is 324 g/mol. The van der Waals surface area contributed by atoms with Crippen molar-refractivity contribution in [3.8, 4) is 11.5 Å². The zero-order valence-electron chi connectivity index (χ0n) is 12.3. The number of alkyl halides is 2. The maximum atomic E-state index is 13.0. The van der Waals surface area contributed by atoms with Gasteiger partial charge in [0.1, 0.15) is 6.04 Å². The highest BCUT2D eigenvalue weighted by molar-refractivity contribution is 5.95. The summed E-state index contributed by atoms with van der Waals surface area (Å²) in [6.07, 6.45) is -0.407. The highest BCUT2D eigenvalue weighted by Gasteiger charge is 2.43. The molecule has 0 aliphatic carbocycles. The van der Waals surface area contributed by atoms with Gasteiger partial charge >= 0.3 is 6.29 Å². The highest BCUT2D eigenvalue weighted by atomic mass is 19.3. The van der Waals surface area contributed by atoms with Crippen LogP contribution in [0, 0.1) is 0 Å². The van der Waals surface area contributed by atoms with Crippen molar-refractivity contribution in [2.24, 2.45) is 7.05 Å². The molecule has 7 nitrogen and oxygen atoms in total. The van der Waals surface area contributed by atoms with Gasteiger partial charge < -0.3 is 20.1 Å². The molecule has 23 heavy (non-hydrogen) atoms. The number of likely N-dealkylation sites (N-methyl/N-ethyl adjacent to an activating group) is 1. The van der Waals surface area contributed by atoms with Crippen molar-refractivity contribution in [1.29, 1.82) is 0 Å². The number of benzene rings is 1. The predicted molar refractivity (Wildman–Crippen MR) is 76.3 cm³/mol. The molecule has 0 saturated heterocycles.